The quantitative estimate of drug-likeness (QED) is 0.777. The Bertz CT molecular complexity index is 627. The van der Waals surface area contributed by atoms with Gasteiger partial charge in [-0.25, -0.2) is 0 Å². The van der Waals surface area contributed by atoms with Crippen LogP contribution in [0.5, 0.6) is 0 Å². The molecule has 27 heavy (non-hydrogen) atoms. The molecule has 0 N–H and O–H groups in total. The summed E-state index contributed by atoms with van der Waals surface area (Å²) in [7, 11) is 0. The molecule has 0 saturated carbocycles. The minimum absolute atomic E-state index is 0.280. The van der Waals surface area contributed by atoms with Gasteiger partial charge in [0.2, 0.25) is 5.91 Å². The van der Waals surface area contributed by atoms with Crippen LogP contribution in [0.1, 0.15) is 37.7 Å². The number of anilines is 1. The van der Waals surface area contributed by atoms with Crippen molar-refractivity contribution in [3.8, 4) is 0 Å². The fourth-order valence-corrected chi connectivity index (χ4v) is 3.87. The van der Waals surface area contributed by atoms with Gasteiger partial charge >= 0.3 is 6.18 Å². The molecule has 4 nitrogen and oxygen atoms in total. The van der Waals surface area contributed by atoms with E-state index in [1.807, 2.05) is 9.80 Å². The Balaban J connectivity index is 1.43. The summed E-state index contributed by atoms with van der Waals surface area (Å²) in [6, 6.07) is 5.57. The zero-order valence-corrected chi connectivity index (χ0v) is 15.7. The summed E-state index contributed by atoms with van der Waals surface area (Å²) >= 11 is 0. The number of carbonyl (C=O) groups is 1. The van der Waals surface area contributed by atoms with Crippen molar-refractivity contribution < 1.29 is 18.0 Å². The maximum absolute atomic E-state index is 12.9. The Hall–Kier alpha value is -1.76. The molecule has 3 rings (SSSR count). The summed E-state index contributed by atoms with van der Waals surface area (Å²) in [6.45, 7) is 5.75. The first-order valence-corrected chi connectivity index (χ1v) is 9.86. The second-order valence-electron chi connectivity index (χ2n) is 7.42. The number of rotatable bonds is 5. The highest BCUT2D eigenvalue weighted by atomic mass is 19.4. The lowest BCUT2D eigenvalue weighted by molar-refractivity contribution is -0.137. The smallest absolute Gasteiger partial charge is 0.369 e. The van der Waals surface area contributed by atoms with Crippen molar-refractivity contribution in [2.45, 2.75) is 38.3 Å². The number of piperazine rings is 1. The lowest BCUT2D eigenvalue weighted by atomic mass is 10.1. The van der Waals surface area contributed by atoms with Crippen molar-refractivity contribution >= 4 is 11.6 Å². The number of likely N-dealkylation sites (tertiary alicyclic amines) is 1. The van der Waals surface area contributed by atoms with Crippen LogP contribution in [0.4, 0.5) is 18.9 Å². The topological polar surface area (TPSA) is 26.8 Å². The van der Waals surface area contributed by atoms with E-state index in [0.29, 0.717) is 12.1 Å². The molecule has 150 valence electrons. The summed E-state index contributed by atoms with van der Waals surface area (Å²) in [4.78, 5) is 18.4. The van der Waals surface area contributed by atoms with E-state index in [-0.39, 0.29) is 5.91 Å². The van der Waals surface area contributed by atoms with Crippen molar-refractivity contribution in [1.29, 1.82) is 0 Å². The molecule has 2 fully saturated rings. The van der Waals surface area contributed by atoms with Crippen LogP contribution in [0.2, 0.25) is 0 Å². The molecular weight excluding hydrogens is 355 g/mol. The normalized spacial score (nSPS) is 20.0. The molecule has 0 atom stereocenters. The Morgan fingerprint density at radius 2 is 1.70 bits per heavy atom. The molecule has 2 aliphatic heterocycles. The Kier molecular flexibility index (Phi) is 6.63. The van der Waals surface area contributed by atoms with Crippen molar-refractivity contribution in [2.75, 3.05) is 50.7 Å². The standard InChI is InChI=1S/C20H28F3N3O/c21-20(22,23)17-6-4-7-18(16-17)25-14-12-24(13-15-25)9-5-11-26-10-3-1-2-8-19(26)27/h4,6-7,16H,1-3,5,8-15H2. The fraction of sp³-hybridized carbons (Fsp3) is 0.650. The number of hydrogen-bond acceptors (Lipinski definition) is 3. The van der Waals surface area contributed by atoms with Crippen LogP contribution in [-0.2, 0) is 11.0 Å². The van der Waals surface area contributed by atoms with E-state index in [4.69, 9.17) is 0 Å². The van der Waals surface area contributed by atoms with E-state index in [2.05, 4.69) is 4.90 Å². The SMILES string of the molecule is O=C1CCCCCN1CCCN1CCN(c2cccc(C(F)(F)F)c2)CC1. The lowest BCUT2D eigenvalue weighted by Crippen LogP contribution is -2.47. The van der Waals surface area contributed by atoms with Gasteiger partial charge in [0.05, 0.1) is 5.56 Å². The van der Waals surface area contributed by atoms with E-state index < -0.39 is 11.7 Å². The van der Waals surface area contributed by atoms with Gasteiger partial charge in [0.1, 0.15) is 0 Å². The molecule has 0 spiro atoms. The van der Waals surface area contributed by atoms with Gasteiger partial charge in [-0.1, -0.05) is 12.5 Å². The van der Waals surface area contributed by atoms with Gasteiger partial charge in [-0.15, -0.1) is 0 Å². The number of alkyl halides is 3. The van der Waals surface area contributed by atoms with E-state index >= 15 is 0 Å². The number of halogens is 3. The number of amides is 1. The fourth-order valence-electron chi connectivity index (χ4n) is 3.87. The van der Waals surface area contributed by atoms with Crippen LogP contribution in [0, 0.1) is 0 Å². The first kappa shape index (κ1) is 20.0. The molecule has 1 amide bonds. The molecule has 7 heteroatoms. The van der Waals surface area contributed by atoms with Gasteiger partial charge in [-0.3, -0.25) is 9.69 Å². The zero-order valence-electron chi connectivity index (χ0n) is 15.7. The molecular formula is C20H28F3N3O. The molecule has 2 aliphatic rings. The zero-order chi connectivity index (χ0) is 19.3. The second-order valence-corrected chi connectivity index (χ2v) is 7.42. The minimum Gasteiger partial charge on any atom is -0.369 e. The third-order valence-corrected chi connectivity index (χ3v) is 5.48. The highest BCUT2D eigenvalue weighted by molar-refractivity contribution is 5.76. The first-order chi connectivity index (χ1) is 12.9. The van der Waals surface area contributed by atoms with Gasteiger partial charge < -0.3 is 9.80 Å². The van der Waals surface area contributed by atoms with Crippen molar-refractivity contribution in [3.63, 3.8) is 0 Å². The van der Waals surface area contributed by atoms with E-state index in [0.717, 1.165) is 77.6 Å². The number of nitrogens with zero attached hydrogens (tertiary/aromatic N) is 3. The lowest BCUT2D eigenvalue weighted by Gasteiger charge is -2.36. The van der Waals surface area contributed by atoms with Crippen molar-refractivity contribution in [2.24, 2.45) is 0 Å². The number of benzene rings is 1. The van der Waals surface area contributed by atoms with Crippen LogP contribution in [0.25, 0.3) is 0 Å². The van der Waals surface area contributed by atoms with Gasteiger partial charge in [0, 0.05) is 51.4 Å². The second kappa shape index (κ2) is 8.95. The highest BCUT2D eigenvalue weighted by Crippen LogP contribution is 2.31. The highest BCUT2D eigenvalue weighted by Gasteiger charge is 2.31. The van der Waals surface area contributed by atoms with Gasteiger partial charge in [0.15, 0.2) is 0 Å². The van der Waals surface area contributed by atoms with E-state index in [1.165, 1.54) is 12.1 Å². The molecule has 0 unspecified atom stereocenters. The van der Waals surface area contributed by atoms with Gasteiger partial charge in [0.25, 0.3) is 0 Å². The Morgan fingerprint density at radius 3 is 2.44 bits per heavy atom. The summed E-state index contributed by atoms with van der Waals surface area (Å²) in [6.07, 6.45) is 0.571. The van der Waals surface area contributed by atoms with Crippen molar-refractivity contribution in [3.05, 3.63) is 29.8 Å². The van der Waals surface area contributed by atoms with Crippen molar-refractivity contribution in [1.82, 2.24) is 9.80 Å². The van der Waals surface area contributed by atoms with E-state index in [9.17, 15) is 18.0 Å². The summed E-state index contributed by atoms with van der Waals surface area (Å²) in [5, 5.41) is 0. The monoisotopic (exact) mass is 383 g/mol. The maximum atomic E-state index is 12.9. The van der Waals surface area contributed by atoms with Gasteiger partial charge in [-0.05, 0) is 44.0 Å². The third kappa shape index (κ3) is 5.61. The Labute approximate surface area is 158 Å². The molecule has 1 aromatic carbocycles. The van der Waals surface area contributed by atoms with Crippen LogP contribution in [0.3, 0.4) is 0 Å². The molecule has 0 aliphatic carbocycles. The average Bonchev–Trinajstić information content (AvgIpc) is 2.86. The molecule has 0 aromatic heterocycles. The Morgan fingerprint density at radius 1 is 0.926 bits per heavy atom. The van der Waals surface area contributed by atoms with Crippen LogP contribution in [-0.4, -0.2) is 61.5 Å². The first-order valence-electron chi connectivity index (χ1n) is 9.86. The molecule has 2 heterocycles. The molecule has 2 saturated heterocycles. The number of carbonyl (C=O) groups excluding carboxylic acids is 1. The van der Waals surface area contributed by atoms with E-state index in [1.54, 1.807) is 6.07 Å². The van der Waals surface area contributed by atoms with Crippen LogP contribution in [0.15, 0.2) is 24.3 Å². The minimum atomic E-state index is -4.30. The maximum Gasteiger partial charge on any atom is 0.416 e. The molecule has 1 aromatic rings. The molecule has 0 bridgehead atoms. The summed E-state index contributed by atoms with van der Waals surface area (Å²) < 4.78 is 38.7. The number of hydrogen-bond donors (Lipinski definition) is 0. The predicted octanol–water partition coefficient (Wildman–Crippen LogP) is 3.62. The third-order valence-electron chi connectivity index (χ3n) is 5.48. The van der Waals surface area contributed by atoms with Crippen LogP contribution >= 0.6 is 0 Å². The largest absolute Gasteiger partial charge is 0.416 e. The molecule has 0 radical (unpaired) electrons. The van der Waals surface area contributed by atoms with Crippen LogP contribution < -0.4 is 4.90 Å². The summed E-state index contributed by atoms with van der Waals surface area (Å²) in [5.41, 5.74) is 0.0455. The predicted molar refractivity (Wildman–Crippen MR) is 99.8 cm³/mol. The summed E-state index contributed by atoms with van der Waals surface area (Å²) in [5.74, 6) is 0.280. The van der Waals surface area contributed by atoms with Gasteiger partial charge in [-0.2, -0.15) is 13.2 Å². The average molecular weight is 383 g/mol.